The second-order valence-electron chi connectivity index (χ2n) is 7.63. The summed E-state index contributed by atoms with van der Waals surface area (Å²) in [4.78, 5) is 20.2. The van der Waals surface area contributed by atoms with Crippen molar-refractivity contribution in [2.75, 3.05) is 18.1 Å². The number of fused-ring (bicyclic) bond motifs is 1. The average Bonchev–Trinajstić information content (AvgIpc) is 3.10. The molecule has 2 heterocycles. The van der Waals surface area contributed by atoms with E-state index in [0.29, 0.717) is 18.5 Å². The highest BCUT2D eigenvalue weighted by atomic mass is 79.9. The van der Waals surface area contributed by atoms with Gasteiger partial charge in [0.15, 0.2) is 9.84 Å². The van der Waals surface area contributed by atoms with Crippen LogP contribution in [0.25, 0.3) is 22.2 Å². The Morgan fingerprint density at radius 1 is 1.17 bits per heavy atom. The maximum absolute atomic E-state index is 13.7. The van der Waals surface area contributed by atoms with E-state index in [1.54, 1.807) is 4.90 Å². The first kappa shape index (κ1) is 21.0. The molecular formula is C23H23BrN2O3S. The highest BCUT2D eigenvalue weighted by Crippen LogP contribution is 2.28. The number of rotatable bonds is 5. The van der Waals surface area contributed by atoms with E-state index in [9.17, 15) is 13.2 Å². The summed E-state index contributed by atoms with van der Waals surface area (Å²) in [6.45, 7) is 2.53. The minimum absolute atomic E-state index is 0.0430. The Morgan fingerprint density at radius 2 is 1.90 bits per heavy atom. The van der Waals surface area contributed by atoms with E-state index in [4.69, 9.17) is 4.98 Å². The highest BCUT2D eigenvalue weighted by molar-refractivity contribution is 9.10. The topological polar surface area (TPSA) is 67.3 Å². The fraction of sp³-hybridized carbons (Fsp3) is 0.304. The largest absolute Gasteiger partial charge is 0.335 e. The van der Waals surface area contributed by atoms with Gasteiger partial charge in [-0.2, -0.15) is 0 Å². The molecule has 2 aromatic carbocycles. The molecule has 1 aromatic heterocycles. The molecule has 0 radical (unpaired) electrons. The zero-order chi connectivity index (χ0) is 21.3. The van der Waals surface area contributed by atoms with Gasteiger partial charge in [0.25, 0.3) is 5.91 Å². The van der Waals surface area contributed by atoms with Gasteiger partial charge in [0, 0.05) is 28.0 Å². The first-order valence-corrected chi connectivity index (χ1v) is 12.7. The Kier molecular flexibility index (Phi) is 5.93. The van der Waals surface area contributed by atoms with E-state index >= 15 is 0 Å². The van der Waals surface area contributed by atoms with E-state index < -0.39 is 9.84 Å². The molecule has 0 N–H and O–H groups in total. The third-order valence-electron chi connectivity index (χ3n) is 5.46. The summed E-state index contributed by atoms with van der Waals surface area (Å²) in [5, 5.41) is 0.783. The molecule has 1 aliphatic rings. The van der Waals surface area contributed by atoms with Gasteiger partial charge < -0.3 is 4.90 Å². The van der Waals surface area contributed by atoms with Crippen molar-refractivity contribution in [3.05, 3.63) is 64.6 Å². The number of para-hydroxylation sites is 1. The number of sulfone groups is 1. The normalized spacial score (nSPS) is 17.9. The fourth-order valence-electron chi connectivity index (χ4n) is 3.99. The second-order valence-corrected chi connectivity index (χ2v) is 10.8. The third kappa shape index (κ3) is 4.27. The number of hydrogen-bond donors (Lipinski definition) is 0. The molecule has 0 aliphatic carbocycles. The van der Waals surface area contributed by atoms with Crippen molar-refractivity contribution in [1.29, 1.82) is 0 Å². The average molecular weight is 487 g/mol. The van der Waals surface area contributed by atoms with Crippen LogP contribution in [0.2, 0.25) is 0 Å². The van der Waals surface area contributed by atoms with Crippen LogP contribution in [0.15, 0.2) is 59.1 Å². The maximum Gasteiger partial charge on any atom is 0.254 e. The lowest BCUT2D eigenvalue weighted by Gasteiger charge is -2.28. The molecular weight excluding hydrogens is 464 g/mol. The van der Waals surface area contributed by atoms with Crippen LogP contribution in [0.3, 0.4) is 0 Å². The molecule has 1 saturated heterocycles. The number of aromatic nitrogens is 1. The molecule has 1 fully saturated rings. The maximum atomic E-state index is 13.7. The van der Waals surface area contributed by atoms with Crippen LogP contribution < -0.4 is 0 Å². The lowest BCUT2D eigenvalue weighted by molar-refractivity contribution is 0.0699. The Labute approximate surface area is 185 Å². The van der Waals surface area contributed by atoms with Gasteiger partial charge >= 0.3 is 0 Å². The van der Waals surface area contributed by atoms with Crippen molar-refractivity contribution in [3.8, 4) is 11.3 Å². The van der Waals surface area contributed by atoms with E-state index in [-0.39, 0.29) is 23.5 Å². The standard InChI is InChI=1S/C23H23BrN2O3S/c1-2-12-26(18-11-13-30(28,29)15-18)23(27)20-14-22(16-7-9-17(24)10-8-16)25-21-6-4-3-5-19(20)21/h3-10,14,18H,2,11-13,15H2,1H3. The van der Waals surface area contributed by atoms with Crippen molar-refractivity contribution in [1.82, 2.24) is 9.88 Å². The third-order valence-corrected chi connectivity index (χ3v) is 7.74. The minimum Gasteiger partial charge on any atom is -0.335 e. The number of halogens is 1. The van der Waals surface area contributed by atoms with Crippen LogP contribution in [-0.4, -0.2) is 48.3 Å². The van der Waals surface area contributed by atoms with Crippen molar-refractivity contribution >= 4 is 42.6 Å². The van der Waals surface area contributed by atoms with Gasteiger partial charge in [0.1, 0.15) is 0 Å². The van der Waals surface area contributed by atoms with Gasteiger partial charge in [0.05, 0.1) is 28.3 Å². The van der Waals surface area contributed by atoms with Crippen molar-refractivity contribution in [2.24, 2.45) is 0 Å². The van der Waals surface area contributed by atoms with E-state index in [1.165, 1.54) is 0 Å². The molecule has 1 aliphatic heterocycles. The Hall–Kier alpha value is -2.25. The predicted octanol–water partition coefficient (Wildman–Crippen LogP) is 4.70. The second kappa shape index (κ2) is 8.47. The Morgan fingerprint density at radius 3 is 2.57 bits per heavy atom. The summed E-state index contributed by atoms with van der Waals surface area (Å²) in [6.07, 6.45) is 1.27. The zero-order valence-corrected chi connectivity index (χ0v) is 19.1. The lowest BCUT2D eigenvalue weighted by atomic mass is 10.0. The van der Waals surface area contributed by atoms with Gasteiger partial charge in [0.2, 0.25) is 0 Å². The van der Waals surface area contributed by atoms with E-state index in [1.807, 2.05) is 61.5 Å². The van der Waals surface area contributed by atoms with Crippen LogP contribution in [0.4, 0.5) is 0 Å². The molecule has 5 nitrogen and oxygen atoms in total. The quantitative estimate of drug-likeness (QED) is 0.523. The molecule has 1 atom stereocenters. The number of amides is 1. The van der Waals surface area contributed by atoms with Crippen LogP contribution in [-0.2, 0) is 9.84 Å². The summed E-state index contributed by atoms with van der Waals surface area (Å²) in [7, 11) is -3.08. The zero-order valence-electron chi connectivity index (χ0n) is 16.7. The number of benzene rings is 2. The summed E-state index contributed by atoms with van der Waals surface area (Å²) in [6, 6.07) is 17.0. The Bertz CT molecular complexity index is 1190. The summed E-state index contributed by atoms with van der Waals surface area (Å²) in [5.41, 5.74) is 2.96. The molecule has 7 heteroatoms. The molecule has 4 rings (SSSR count). The number of hydrogen-bond acceptors (Lipinski definition) is 4. The van der Waals surface area contributed by atoms with Crippen molar-refractivity contribution < 1.29 is 13.2 Å². The molecule has 1 amide bonds. The lowest BCUT2D eigenvalue weighted by Crippen LogP contribution is -2.41. The number of pyridine rings is 1. The Balaban J connectivity index is 1.81. The van der Waals surface area contributed by atoms with Gasteiger partial charge in [-0.15, -0.1) is 0 Å². The predicted molar refractivity (Wildman–Crippen MR) is 123 cm³/mol. The van der Waals surface area contributed by atoms with Crippen LogP contribution in [0.1, 0.15) is 30.1 Å². The number of carbonyl (C=O) groups excluding carboxylic acids is 1. The number of carbonyl (C=O) groups is 1. The van der Waals surface area contributed by atoms with Crippen LogP contribution >= 0.6 is 15.9 Å². The summed E-state index contributed by atoms with van der Waals surface area (Å²) >= 11 is 3.45. The first-order valence-electron chi connectivity index (χ1n) is 10.0. The highest BCUT2D eigenvalue weighted by Gasteiger charge is 2.35. The molecule has 30 heavy (non-hydrogen) atoms. The first-order chi connectivity index (χ1) is 14.4. The van der Waals surface area contributed by atoms with E-state index in [2.05, 4.69) is 15.9 Å². The van der Waals surface area contributed by atoms with Crippen LogP contribution in [0.5, 0.6) is 0 Å². The van der Waals surface area contributed by atoms with Gasteiger partial charge in [-0.25, -0.2) is 13.4 Å². The van der Waals surface area contributed by atoms with Gasteiger partial charge in [-0.05, 0) is 37.1 Å². The SMILES string of the molecule is CCCN(C(=O)c1cc(-c2ccc(Br)cc2)nc2ccccc12)C1CCS(=O)(=O)C1. The summed E-state index contributed by atoms with van der Waals surface area (Å²) in [5.74, 6) is 0.0594. The smallest absolute Gasteiger partial charge is 0.254 e. The summed E-state index contributed by atoms with van der Waals surface area (Å²) < 4.78 is 25.0. The number of nitrogens with zero attached hydrogens (tertiary/aromatic N) is 2. The fourth-order valence-corrected chi connectivity index (χ4v) is 5.98. The molecule has 3 aromatic rings. The monoisotopic (exact) mass is 486 g/mol. The molecule has 0 bridgehead atoms. The van der Waals surface area contributed by atoms with Gasteiger partial charge in [-0.1, -0.05) is 53.2 Å². The minimum atomic E-state index is -3.08. The van der Waals surface area contributed by atoms with Crippen molar-refractivity contribution in [2.45, 2.75) is 25.8 Å². The molecule has 0 spiro atoms. The molecule has 1 unspecified atom stereocenters. The molecule has 0 saturated carbocycles. The van der Waals surface area contributed by atoms with Crippen molar-refractivity contribution in [3.63, 3.8) is 0 Å². The van der Waals surface area contributed by atoms with E-state index in [0.717, 1.165) is 33.1 Å². The molecule has 156 valence electrons. The van der Waals surface area contributed by atoms with Crippen LogP contribution in [0, 0.1) is 0 Å². The van der Waals surface area contributed by atoms with Gasteiger partial charge in [-0.3, -0.25) is 4.79 Å².